The maximum absolute atomic E-state index is 12.9. The van der Waals surface area contributed by atoms with E-state index in [9.17, 15) is 9.59 Å². The SMILES string of the molecule is O=C1c2ccccc2C(=O)N1Cc1cccc2cccc(Cn3ccc4ccccc43)c12. The van der Waals surface area contributed by atoms with E-state index in [1.165, 1.54) is 15.8 Å². The van der Waals surface area contributed by atoms with Crippen molar-refractivity contribution < 1.29 is 9.59 Å². The average Bonchev–Trinajstić information content (AvgIpc) is 3.34. The van der Waals surface area contributed by atoms with Gasteiger partial charge in [-0.3, -0.25) is 14.5 Å². The monoisotopic (exact) mass is 416 g/mol. The lowest BCUT2D eigenvalue weighted by atomic mass is 9.98. The summed E-state index contributed by atoms with van der Waals surface area (Å²) >= 11 is 0. The number of nitrogens with zero attached hydrogens (tertiary/aromatic N) is 2. The molecule has 1 aliphatic heterocycles. The van der Waals surface area contributed by atoms with E-state index in [2.05, 4.69) is 59.3 Å². The molecule has 0 N–H and O–H groups in total. The van der Waals surface area contributed by atoms with E-state index in [-0.39, 0.29) is 18.4 Å². The van der Waals surface area contributed by atoms with E-state index in [0.29, 0.717) is 17.7 Å². The summed E-state index contributed by atoms with van der Waals surface area (Å²) in [6.45, 7) is 0.969. The summed E-state index contributed by atoms with van der Waals surface area (Å²) in [5, 5.41) is 3.41. The Bertz CT molecular complexity index is 1490. The molecule has 0 saturated heterocycles. The first-order chi connectivity index (χ1) is 15.7. The number of hydrogen-bond donors (Lipinski definition) is 0. The molecule has 4 nitrogen and oxygen atoms in total. The van der Waals surface area contributed by atoms with Gasteiger partial charge in [-0.2, -0.15) is 0 Å². The molecule has 0 unspecified atom stereocenters. The molecule has 154 valence electrons. The summed E-state index contributed by atoms with van der Waals surface area (Å²) in [4.78, 5) is 27.2. The van der Waals surface area contributed by atoms with E-state index in [0.717, 1.165) is 21.9 Å². The van der Waals surface area contributed by atoms with Crippen LogP contribution in [0.4, 0.5) is 0 Å². The van der Waals surface area contributed by atoms with Crippen LogP contribution in [0.3, 0.4) is 0 Å². The quantitative estimate of drug-likeness (QED) is 0.356. The summed E-state index contributed by atoms with van der Waals surface area (Å²) < 4.78 is 2.24. The van der Waals surface area contributed by atoms with E-state index in [4.69, 9.17) is 0 Å². The molecule has 0 aliphatic carbocycles. The molecule has 2 amide bonds. The first-order valence-corrected chi connectivity index (χ1v) is 10.7. The number of amides is 2. The van der Waals surface area contributed by atoms with Gasteiger partial charge < -0.3 is 4.57 Å². The highest BCUT2D eigenvalue weighted by Crippen LogP contribution is 2.30. The number of para-hydroxylation sites is 1. The maximum atomic E-state index is 12.9. The number of imide groups is 1. The first-order valence-electron chi connectivity index (χ1n) is 10.7. The van der Waals surface area contributed by atoms with Gasteiger partial charge in [0.25, 0.3) is 11.8 Å². The molecule has 4 aromatic carbocycles. The standard InChI is InChI=1S/C28H20N2O2/c31-27-23-12-2-3-13-24(23)28(32)30(27)18-22-11-6-9-20-8-5-10-21(26(20)22)17-29-16-15-19-7-1-4-14-25(19)29/h1-16H,17-18H2. The van der Waals surface area contributed by atoms with Crippen LogP contribution in [0.1, 0.15) is 31.8 Å². The highest BCUT2D eigenvalue weighted by atomic mass is 16.2. The molecule has 0 atom stereocenters. The molecule has 1 aliphatic rings. The van der Waals surface area contributed by atoms with Gasteiger partial charge in [-0.15, -0.1) is 0 Å². The van der Waals surface area contributed by atoms with Crippen molar-refractivity contribution in [3.63, 3.8) is 0 Å². The zero-order chi connectivity index (χ0) is 21.7. The van der Waals surface area contributed by atoms with Crippen LogP contribution in [-0.4, -0.2) is 21.3 Å². The number of carbonyl (C=O) groups excluding carboxylic acids is 2. The molecule has 32 heavy (non-hydrogen) atoms. The van der Waals surface area contributed by atoms with Gasteiger partial charge in [-0.05, 0) is 51.6 Å². The highest BCUT2D eigenvalue weighted by Gasteiger charge is 2.35. The fraction of sp³-hybridized carbons (Fsp3) is 0.0714. The summed E-state index contributed by atoms with van der Waals surface area (Å²) in [5.74, 6) is -0.451. The second kappa shape index (κ2) is 7.20. The third-order valence-electron chi connectivity index (χ3n) is 6.30. The van der Waals surface area contributed by atoms with Crippen molar-refractivity contribution in [1.29, 1.82) is 0 Å². The third kappa shape index (κ3) is 2.84. The van der Waals surface area contributed by atoms with Crippen molar-refractivity contribution in [2.75, 3.05) is 0 Å². The van der Waals surface area contributed by atoms with Crippen LogP contribution in [0, 0.1) is 0 Å². The van der Waals surface area contributed by atoms with Gasteiger partial charge in [0, 0.05) is 18.3 Å². The lowest BCUT2D eigenvalue weighted by Gasteiger charge is -2.18. The first kappa shape index (κ1) is 18.6. The van der Waals surface area contributed by atoms with Crippen molar-refractivity contribution in [3.05, 3.63) is 119 Å². The summed E-state index contributed by atoms with van der Waals surface area (Å²) in [6, 6.07) is 29.9. The highest BCUT2D eigenvalue weighted by molar-refractivity contribution is 6.21. The molecule has 6 rings (SSSR count). The van der Waals surface area contributed by atoms with Crippen LogP contribution in [0.15, 0.2) is 97.2 Å². The van der Waals surface area contributed by atoms with Gasteiger partial charge in [0.15, 0.2) is 0 Å². The van der Waals surface area contributed by atoms with Crippen molar-refractivity contribution in [2.45, 2.75) is 13.1 Å². The predicted molar refractivity (Wildman–Crippen MR) is 126 cm³/mol. The molecule has 2 heterocycles. The molecule has 5 aromatic rings. The van der Waals surface area contributed by atoms with Gasteiger partial charge >= 0.3 is 0 Å². The summed E-state index contributed by atoms with van der Waals surface area (Å²) in [5.41, 5.74) is 4.29. The zero-order valence-corrected chi connectivity index (χ0v) is 17.4. The number of hydrogen-bond acceptors (Lipinski definition) is 2. The molecular weight excluding hydrogens is 396 g/mol. The second-order valence-electron chi connectivity index (χ2n) is 8.18. The summed E-state index contributed by atoms with van der Waals surface area (Å²) in [7, 11) is 0. The topological polar surface area (TPSA) is 42.3 Å². The Hall–Kier alpha value is -4.18. The largest absolute Gasteiger partial charge is 0.343 e. The fourth-order valence-corrected chi connectivity index (χ4v) is 4.78. The number of rotatable bonds is 4. The lowest BCUT2D eigenvalue weighted by Crippen LogP contribution is -2.29. The van der Waals surface area contributed by atoms with Gasteiger partial charge in [0.05, 0.1) is 17.7 Å². The van der Waals surface area contributed by atoms with Crippen molar-refractivity contribution in [3.8, 4) is 0 Å². The number of carbonyl (C=O) groups is 2. The van der Waals surface area contributed by atoms with E-state index >= 15 is 0 Å². The molecule has 0 spiro atoms. The van der Waals surface area contributed by atoms with E-state index < -0.39 is 0 Å². The van der Waals surface area contributed by atoms with Gasteiger partial charge in [0.1, 0.15) is 0 Å². The Morgan fingerprint density at radius 2 is 1.16 bits per heavy atom. The smallest absolute Gasteiger partial charge is 0.261 e. The van der Waals surface area contributed by atoms with Crippen molar-refractivity contribution in [1.82, 2.24) is 9.47 Å². The van der Waals surface area contributed by atoms with Crippen molar-refractivity contribution >= 4 is 33.5 Å². The van der Waals surface area contributed by atoms with Crippen molar-refractivity contribution in [2.24, 2.45) is 0 Å². The van der Waals surface area contributed by atoms with Gasteiger partial charge in [0.2, 0.25) is 0 Å². The van der Waals surface area contributed by atoms with Gasteiger partial charge in [-0.25, -0.2) is 0 Å². The second-order valence-corrected chi connectivity index (χ2v) is 8.18. The lowest BCUT2D eigenvalue weighted by molar-refractivity contribution is 0.0643. The van der Waals surface area contributed by atoms with Crippen LogP contribution >= 0.6 is 0 Å². The van der Waals surface area contributed by atoms with Crippen LogP contribution < -0.4 is 0 Å². The Kier molecular flexibility index (Phi) is 4.18. The zero-order valence-electron chi connectivity index (χ0n) is 17.4. The molecule has 0 bridgehead atoms. The molecule has 0 radical (unpaired) electrons. The van der Waals surface area contributed by atoms with Crippen LogP contribution in [0.2, 0.25) is 0 Å². The minimum Gasteiger partial charge on any atom is -0.343 e. The Labute approximate surface area is 185 Å². The minimum absolute atomic E-state index is 0.225. The molecule has 0 fully saturated rings. The van der Waals surface area contributed by atoms with Crippen LogP contribution in [-0.2, 0) is 13.1 Å². The minimum atomic E-state index is -0.225. The van der Waals surface area contributed by atoms with Crippen LogP contribution in [0.25, 0.3) is 21.7 Å². The molecule has 4 heteroatoms. The number of benzene rings is 4. The fourth-order valence-electron chi connectivity index (χ4n) is 4.78. The average molecular weight is 416 g/mol. The van der Waals surface area contributed by atoms with E-state index in [1.54, 1.807) is 24.3 Å². The Morgan fingerprint density at radius 3 is 1.88 bits per heavy atom. The summed E-state index contributed by atoms with van der Waals surface area (Å²) in [6.07, 6.45) is 2.11. The maximum Gasteiger partial charge on any atom is 0.261 e. The normalized spacial score (nSPS) is 13.3. The Morgan fingerprint density at radius 1 is 0.562 bits per heavy atom. The molecular formula is C28H20N2O2. The Balaban J connectivity index is 1.42. The number of fused-ring (bicyclic) bond motifs is 3. The third-order valence-corrected chi connectivity index (χ3v) is 6.30. The molecule has 0 saturated carbocycles. The van der Waals surface area contributed by atoms with E-state index in [1.807, 2.05) is 18.2 Å². The predicted octanol–water partition coefficient (Wildman–Crippen LogP) is 5.64. The molecule has 1 aromatic heterocycles. The van der Waals surface area contributed by atoms with Gasteiger partial charge in [-0.1, -0.05) is 66.7 Å². The number of aromatic nitrogens is 1. The van der Waals surface area contributed by atoms with Crippen LogP contribution in [0.5, 0.6) is 0 Å².